The molecule has 1 aliphatic carbocycles. The van der Waals surface area contributed by atoms with Crippen LogP contribution in [0.1, 0.15) is 25.0 Å². The van der Waals surface area contributed by atoms with Gasteiger partial charge in [0.2, 0.25) is 0 Å². The van der Waals surface area contributed by atoms with Gasteiger partial charge in [0.05, 0.1) is 10.4 Å². The summed E-state index contributed by atoms with van der Waals surface area (Å²) in [6.07, 6.45) is 4.38. The van der Waals surface area contributed by atoms with Gasteiger partial charge in [0.25, 0.3) is 0 Å². The summed E-state index contributed by atoms with van der Waals surface area (Å²) in [5.74, 6) is 1.53. The summed E-state index contributed by atoms with van der Waals surface area (Å²) in [4.78, 5) is 4.72. The highest BCUT2D eigenvalue weighted by atomic mass is 32.1. The molecule has 25 heavy (non-hydrogen) atoms. The Morgan fingerprint density at radius 1 is 0.920 bits per heavy atom. The molecule has 2 aromatic carbocycles. The summed E-state index contributed by atoms with van der Waals surface area (Å²) in [5.41, 5.74) is 5.45. The van der Waals surface area contributed by atoms with Gasteiger partial charge in [-0.2, -0.15) is 0 Å². The lowest BCUT2D eigenvalue weighted by molar-refractivity contribution is 0.363. The highest BCUT2D eigenvalue weighted by molar-refractivity contribution is 7.26. The number of pyridine rings is 1. The smallest absolute Gasteiger partial charge is 0.0880 e. The Bertz CT molecular complexity index is 1080. The number of nitrogens with zero attached hydrogens (tertiary/aromatic N) is 1. The zero-order valence-corrected chi connectivity index (χ0v) is 15.4. The third kappa shape index (κ3) is 2.31. The van der Waals surface area contributed by atoms with Crippen molar-refractivity contribution in [2.45, 2.75) is 26.7 Å². The molecule has 0 aliphatic heterocycles. The first kappa shape index (κ1) is 15.1. The molecule has 0 spiro atoms. The van der Waals surface area contributed by atoms with Crippen LogP contribution in [0.15, 0.2) is 54.7 Å². The van der Waals surface area contributed by atoms with Gasteiger partial charge < -0.3 is 0 Å². The van der Waals surface area contributed by atoms with Crippen LogP contribution in [-0.2, 0) is 12.8 Å². The number of aromatic nitrogens is 1. The average molecular weight is 343 g/mol. The third-order valence-electron chi connectivity index (χ3n) is 5.84. The SMILES string of the molecule is CC1Cc2ccc3sc4c(-c5ccccc5)nccc4c3c2CC1C. The molecule has 0 saturated carbocycles. The van der Waals surface area contributed by atoms with Crippen molar-refractivity contribution in [1.29, 1.82) is 0 Å². The van der Waals surface area contributed by atoms with Crippen LogP contribution in [0.2, 0.25) is 0 Å². The van der Waals surface area contributed by atoms with Crippen molar-refractivity contribution < 1.29 is 0 Å². The summed E-state index contributed by atoms with van der Waals surface area (Å²) in [5, 5.41) is 2.86. The van der Waals surface area contributed by atoms with Crippen molar-refractivity contribution in [3.8, 4) is 11.3 Å². The Balaban J connectivity index is 1.82. The number of hydrogen-bond acceptors (Lipinski definition) is 2. The molecule has 124 valence electrons. The Morgan fingerprint density at radius 2 is 1.72 bits per heavy atom. The van der Waals surface area contributed by atoms with Gasteiger partial charge in [0, 0.05) is 27.2 Å². The van der Waals surface area contributed by atoms with E-state index in [2.05, 4.69) is 62.4 Å². The van der Waals surface area contributed by atoms with Crippen molar-refractivity contribution in [2.24, 2.45) is 11.8 Å². The fourth-order valence-corrected chi connectivity index (χ4v) is 5.44. The summed E-state index contributed by atoms with van der Waals surface area (Å²) in [6.45, 7) is 4.79. The van der Waals surface area contributed by atoms with E-state index in [1.807, 2.05) is 17.5 Å². The van der Waals surface area contributed by atoms with E-state index in [0.29, 0.717) is 0 Å². The van der Waals surface area contributed by atoms with Gasteiger partial charge in [-0.05, 0) is 47.9 Å². The standard InChI is InChI=1S/C23H21NS/c1-14-12-17-8-9-20-21(19(17)13-15(14)2)18-10-11-24-22(23(18)25-20)16-6-4-3-5-7-16/h3-11,14-15H,12-13H2,1-2H3. The van der Waals surface area contributed by atoms with Crippen LogP contribution in [0.3, 0.4) is 0 Å². The molecule has 2 unspecified atom stereocenters. The Kier molecular flexibility index (Phi) is 3.42. The van der Waals surface area contributed by atoms with Gasteiger partial charge in [-0.15, -0.1) is 11.3 Å². The van der Waals surface area contributed by atoms with Gasteiger partial charge in [-0.1, -0.05) is 50.2 Å². The maximum Gasteiger partial charge on any atom is 0.0880 e. The third-order valence-corrected chi connectivity index (χ3v) is 7.02. The second kappa shape index (κ2) is 5.67. The lowest BCUT2D eigenvalue weighted by atomic mass is 9.76. The maximum absolute atomic E-state index is 4.72. The van der Waals surface area contributed by atoms with E-state index in [4.69, 9.17) is 4.98 Å². The fourth-order valence-electron chi connectivity index (χ4n) is 4.21. The van der Waals surface area contributed by atoms with Crippen LogP contribution in [-0.4, -0.2) is 4.98 Å². The van der Waals surface area contributed by atoms with E-state index in [9.17, 15) is 0 Å². The molecular weight excluding hydrogens is 322 g/mol. The minimum absolute atomic E-state index is 0.753. The second-order valence-corrected chi connectivity index (χ2v) is 8.50. The first-order chi connectivity index (χ1) is 12.2. The molecule has 1 aliphatic rings. The largest absolute Gasteiger partial charge is 0.255 e. The molecule has 2 heteroatoms. The van der Waals surface area contributed by atoms with Crippen molar-refractivity contribution in [3.63, 3.8) is 0 Å². The molecule has 0 fully saturated rings. The van der Waals surface area contributed by atoms with Gasteiger partial charge in [-0.25, -0.2) is 0 Å². The summed E-state index contributed by atoms with van der Waals surface area (Å²) in [7, 11) is 0. The van der Waals surface area contributed by atoms with E-state index in [0.717, 1.165) is 17.5 Å². The summed E-state index contributed by atoms with van der Waals surface area (Å²) < 4.78 is 2.73. The lowest BCUT2D eigenvalue weighted by Gasteiger charge is -2.28. The molecule has 2 atom stereocenters. The van der Waals surface area contributed by atoms with E-state index >= 15 is 0 Å². The first-order valence-electron chi connectivity index (χ1n) is 9.10. The first-order valence-corrected chi connectivity index (χ1v) is 9.91. The maximum atomic E-state index is 4.72. The highest BCUT2D eigenvalue weighted by Crippen LogP contribution is 2.43. The predicted octanol–water partition coefficient (Wildman–Crippen LogP) is 6.49. The molecule has 2 heterocycles. The van der Waals surface area contributed by atoms with Crippen molar-refractivity contribution >= 4 is 31.5 Å². The molecule has 0 bridgehead atoms. The van der Waals surface area contributed by atoms with Gasteiger partial charge in [0.1, 0.15) is 0 Å². The number of benzene rings is 2. The Morgan fingerprint density at radius 3 is 2.56 bits per heavy atom. The van der Waals surface area contributed by atoms with E-state index in [-0.39, 0.29) is 0 Å². The van der Waals surface area contributed by atoms with Crippen LogP contribution < -0.4 is 0 Å². The number of hydrogen-bond donors (Lipinski definition) is 0. The van der Waals surface area contributed by atoms with Gasteiger partial charge in [0.15, 0.2) is 0 Å². The highest BCUT2D eigenvalue weighted by Gasteiger charge is 2.25. The zero-order valence-electron chi connectivity index (χ0n) is 14.6. The van der Waals surface area contributed by atoms with Crippen molar-refractivity contribution in [3.05, 3.63) is 65.9 Å². The van der Waals surface area contributed by atoms with E-state index in [1.165, 1.54) is 38.6 Å². The number of thiophene rings is 1. The molecule has 0 amide bonds. The molecule has 1 nitrogen and oxygen atoms in total. The summed E-state index contributed by atoms with van der Waals surface area (Å²) >= 11 is 1.90. The van der Waals surface area contributed by atoms with Crippen LogP contribution >= 0.6 is 11.3 Å². The van der Waals surface area contributed by atoms with Crippen LogP contribution in [0.4, 0.5) is 0 Å². The molecule has 4 aromatic rings. The number of fused-ring (bicyclic) bond motifs is 5. The zero-order chi connectivity index (χ0) is 17.0. The Hall–Kier alpha value is -2.19. The summed E-state index contributed by atoms with van der Waals surface area (Å²) in [6, 6.07) is 17.5. The topological polar surface area (TPSA) is 12.9 Å². The fraction of sp³-hybridized carbons (Fsp3) is 0.261. The molecule has 0 saturated heterocycles. The second-order valence-electron chi connectivity index (χ2n) is 7.44. The predicted molar refractivity (Wildman–Crippen MR) is 108 cm³/mol. The van der Waals surface area contributed by atoms with Gasteiger partial charge >= 0.3 is 0 Å². The minimum Gasteiger partial charge on any atom is -0.255 e. The number of rotatable bonds is 1. The monoisotopic (exact) mass is 343 g/mol. The minimum atomic E-state index is 0.753. The van der Waals surface area contributed by atoms with Crippen LogP contribution in [0.25, 0.3) is 31.4 Å². The molecular formula is C23H21NS. The van der Waals surface area contributed by atoms with Gasteiger partial charge in [-0.3, -0.25) is 4.98 Å². The quantitative estimate of drug-likeness (QED) is 0.385. The Labute approximate surface area is 152 Å². The van der Waals surface area contributed by atoms with E-state index in [1.54, 1.807) is 11.1 Å². The van der Waals surface area contributed by atoms with Crippen molar-refractivity contribution in [2.75, 3.05) is 0 Å². The molecule has 5 rings (SSSR count). The normalized spacial score (nSPS) is 20.1. The molecule has 0 N–H and O–H groups in total. The van der Waals surface area contributed by atoms with E-state index < -0.39 is 0 Å². The average Bonchev–Trinajstić information content (AvgIpc) is 3.02. The molecule has 0 radical (unpaired) electrons. The lowest BCUT2D eigenvalue weighted by Crippen LogP contribution is -2.20. The van der Waals surface area contributed by atoms with Crippen molar-refractivity contribution in [1.82, 2.24) is 4.98 Å². The van der Waals surface area contributed by atoms with Crippen LogP contribution in [0.5, 0.6) is 0 Å². The molecule has 2 aromatic heterocycles. The van der Waals surface area contributed by atoms with Crippen LogP contribution in [0, 0.1) is 11.8 Å².